The van der Waals surface area contributed by atoms with Gasteiger partial charge in [-0.05, 0) is 26.8 Å². The lowest BCUT2D eigenvalue weighted by Crippen LogP contribution is -2.47. The molecule has 1 aliphatic heterocycles. The predicted octanol–water partition coefficient (Wildman–Crippen LogP) is 3.32. The first-order chi connectivity index (χ1) is 15.3. The average Bonchev–Trinajstić information content (AvgIpc) is 3.06. The Bertz CT molecular complexity index is 1210. The van der Waals surface area contributed by atoms with Gasteiger partial charge in [0.05, 0.1) is 36.9 Å². The van der Waals surface area contributed by atoms with Crippen molar-refractivity contribution in [3.63, 3.8) is 0 Å². The van der Waals surface area contributed by atoms with Gasteiger partial charge in [-0.15, -0.1) is 0 Å². The molecule has 3 N–H and O–H groups in total. The van der Waals surface area contributed by atoms with E-state index in [4.69, 9.17) is 28.6 Å². The van der Waals surface area contributed by atoms with Gasteiger partial charge in [-0.1, -0.05) is 11.6 Å². The molecule has 2 aromatic heterocycles. The number of β-amino-alcohol motifs (C(OH)–C–C–N with tert-alkyl or cyclic N) is 1. The van der Waals surface area contributed by atoms with Gasteiger partial charge in [0.1, 0.15) is 17.9 Å². The fraction of sp³-hybridized carbons (Fsp3) is 0.455. The molecule has 0 unspecified atom stereocenters. The Labute approximate surface area is 191 Å². The van der Waals surface area contributed by atoms with E-state index in [1.165, 1.54) is 6.33 Å². The number of methoxy groups -OCH3 is 1. The third-order valence-corrected chi connectivity index (χ3v) is 6.27. The van der Waals surface area contributed by atoms with E-state index in [1.54, 1.807) is 24.8 Å². The second-order valence-corrected chi connectivity index (χ2v) is 8.69. The predicted molar refractivity (Wildman–Crippen MR) is 123 cm³/mol. The largest absolute Gasteiger partial charge is 0.497 e. The number of likely N-dealkylation sites (tertiary alicyclic amines) is 1. The summed E-state index contributed by atoms with van der Waals surface area (Å²) in [5.41, 5.74) is 9.46. The quantitative estimate of drug-likeness (QED) is 0.549. The van der Waals surface area contributed by atoms with Gasteiger partial charge in [0.15, 0.2) is 5.65 Å². The minimum absolute atomic E-state index is 0.0894. The molecule has 3 aromatic rings. The number of hydrogen-bond donors (Lipinski definition) is 2. The molecule has 168 valence electrons. The first kappa shape index (κ1) is 22.3. The standard InChI is InChI=1S/C22H26ClN7O2/c1-11(31)7-29-8-14(9-29)18-19(25-4)16(23)6-15(20(18)32-5)13(3)30-22-17(12(2)28-30)21(24)26-10-27-22/h6,10-11,13-14,31H,7-9H2,1-3,5H3,(H2,24,26,27)/t11-,13+/m0/s1. The molecular formula is C22H26ClN7O2. The van der Waals surface area contributed by atoms with Gasteiger partial charge in [0.25, 0.3) is 0 Å². The van der Waals surface area contributed by atoms with Crippen LogP contribution in [0.1, 0.15) is 42.6 Å². The summed E-state index contributed by atoms with van der Waals surface area (Å²) < 4.78 is 7.65. The fourth-order valence-electron chi connectivity index (χ4n) is 4.54. The minimum atomic E-state index is -0.404. The van der Waals surface area contributed by atoms with Gasteiger partial charge in [0.2, 0.25) is 5.69 Å². The molecular weight excluding hydrogens is 430 g/mol. The van der Waals surface area contributed by atoms with Crippen molar-refractivity contribution in [1.82, 2.24) is 24.6 Å². The number of aliphatic hydroxyl groups excluding tert-OH is 1. The van der Waals surface area contributed by atoms with Gasteiger partial charge in [-0.3, -0.25) is 4.90 Å². The minimum Gasteiger partial charge on any atom is -0.497 e. The van der Waals surface area contributed by atoms with Crippen molar-refractivity contribution in [1.29, 1.82) is 0 Å². The number of ether oxygens (including phenoxy) is 1. The van der Waals surface area contributed by atoms with Crippen molar-refractivity contribution < 1.29 is 9.84 Å². The summed E-state index contributed by atoms with van der Waals surface area (Å²) in [6.45, 7) is 15.4. The van der Waals surface area contributed by atoms with E-state index in [1.807, 2.05) is 13.8 Å². The lowest BCUT2D eigenvalue weighted by Gasteiger charge is -2.41. The van der Waals surface area contributed by atoms with E-state index in [0.29, 0.717) is 34.5 Å². The van der Waals surface area contributed by atoms with Gasteiger partial charge < -0.3 is 15.6 Å². The Hall–Kier alpha value is -2.93. The molecule has 1 aromatic carbocycles. The molecule has 32 heavy (non-hydrogen) atoms. The molecule has 9 nitrogen and oxygen atoms in total. The zero-order valence-corrected chi connectivity index (χ0v) is 19.3. The number of nitrogen functional groups attached to an aromatic ring is 1. The van der Waals surface area contributed by atoms with Crippen molar-refractivity contribution in [3.8, 4) is 5.75 Å². The number of aryl methyl sites for hydroxylation is 1. The van der Waals surface area contributed by atoms with Crippen molar-refractivity contribution in [2.24, 2.45) is 0 Å². The zero-order valence-electron chi connectivity index (χ0n) is 18.5. The maximum Gasteiger partial charge on any atom is 0.212 e. The SMILES string of the molecule is [C-]#[N+]c1c(Cl)cc([C@@H](C)n2nc(C)c3c(N)ncnc32)c(OC)c1C1CN(C[C@H](C)O)C1. The summed E-state index contributed by atoms with van der Waals surface area (Å²) in [5, 5.41) is 15.4. The highest BCUT2D eigenvalue weighted by Gasteiger charge is 2.35. The molecule has 1 aliphatic rings. The Balaban J connectivity index is 1.82. The van der Waals surface area contributed by atoms with Crippen LogP contribution < -0.4 is 10.5 Å². The second kappa shape index (κ2) is 8.54. The van der Waals surface area contributed by atoms with Gasteiger partial charge in [0, 0.05) is 41.7 Å². The topological polar surface area (TPSA) is 107 Å². The van der Waals surface area contributed by atoms with Crippen LogP contribution in [0, 0.1) is 13.5 Å². The molecule has 1 fully saturated rings. The Morgan fingerprint density at radius 1 is 1.38 bits per heavy atom. The number of hydrogen-bond acceptors (Lipinski definition) is 7. The number of fused-ring (bicyclic) bond motifs is 1. The zero-order chi connectivity index (χ0) is 23.2. The smallest absolute Gasteiger partial charge is 0.212 e. The summed E-state index contributed by atoms with van der Waals surface area (Å²) >= 11 is 6.59. The van der Waals surface area contributed by atoms with E-state index in [9.17, 15) is 5.11 Å². The molecule has 0 bridgehead atoms. The highest BCUT2D eigenvalue weighted by Crippen LogP contribution is 2.48. The van der Waals surface area contributed by atoms with Gasteiger partial charge in [-0.25, -0.2) is 19.5 Å². The molecule has 0 radical (unpaired) electrons. The Morgan fingerprint density at radius 3 is 2.72 bits per heavy atom. The van der Waals surface area contributed by atoms with Crippen LogP contribution in [-0.2, 0) is 0 Å². The highest BCUT2D eigenvalue weighted by atomic mass is 35.5. The van der Waals surface area contributed by atoms with Crippen molar-refractivity contribution >= 4 is 34.1 Å². The molecule has 0 saturated carbocycles. The number of rotatable bonds is 6. The third-order valence-electron chi connectivity index (χ3n) is 5.98. The van der Waals surface area contributed by atoms with E-state index >= 15 is 0 Å². The van der Waals surface area contributed by atoms with E-state index in [2.05, 4.69) is 24.8 Å². The molecule has 1 saturated heterocycles. The van der Waals surface area contributed by atoms with Gasteiger partial charge >= 0.3 is 0 Å². The number of halogens is 1. The molecule has 0 spiro atoms. The van der Waals surface area contributed by atoms with Crippen LogP contribution in [0.3, 0.4) is 0 Å². The number of anilines is 1. The Morgan fingerprint density at radius 2 is 2.09 bits per heavy atom. The normalized spacial score (nSPS) is 16.5. The van der Waals surface area contributed by atoms with E-state index < -0.39 is 6.10 Å². The number of aromatic nitrogens is 4. The Kier molecular flexibility index (Phi) is 5.95. The second-order valence-electron chi connectivity index (χ2n) is 8.28. The molecule has 10 heteroatoms. The highest BCUT2D eigenvalue weighted by molar-refractivity contribution is 6.33. The van der Waals surface area contributed by atoms with Crippen LogP contribution in [0.4, 0.5) is 11.5 Å². The number of benzene rings is 1. The fourth-order valence-corrected chi connectivity index (χ4v) is 4.80. The summed E-state index contributed by atoms with van der Waals surface area (Å²) in [5.74, 6) is 1.11. The third kappa shape index (κ3) is 3.64. The van der Waals surface area contributed by atoms with Crippen LogP contribution in [0.15, 0.2) is 12.4 Å². The van der Waals surface area contributed by atoms with Crippen LogP contribution in [0.25, 0.3) is 15.9 Å². The molecule has 4 rings (SSSR count). The molecule has 0 amide bonds. The number of nitrogens with zero attached hydrogens (tertiary/aromatic N) is 6. The maximum atomic E-state index is 9.68. The lowest BCUT2D eigenvalue weighted by atomic mass is 9.86. The van der Waals surface area contributed by atoms with Crippen molar-refractivity contribution in [2.45, 2.75) is 38.8 Å². The molecule has 0 aliphatic carbocycles. The number of aliphatic hydroxyl groups is 1. The maximum absolute atomic E-state index is 9.68. The van der Waals surface area contributed by atoms with Gasteiger partial charge in [-0.2, -0.15) is 5.10 Å². The monoisotopic (exact) mass is 455 g/mol. The average molecular weight is 456 g/mol. The lowest BCUT2D eigenvalue weighted by molar-refractivity contribution is 0.0736. The first-order valence-electron chi connectivity index (χ1n) is 10.4. The van der Waals surface area contributed by atoms with E-state index in [0.717, 1.165) is 35.3 Å². The first-order valence-corrected chi connectivity index (χ1v) is 10.8. The van der Waals surface area contributed by atoms with Crippen molar-refractivity contribution in [2.75, 3.05) is 32.5 Å². The summed E-state index contributed by atoms with van der Waals surface area (Å²) in [7, 11) is 1.61. The van der Waals surface area contributed by atoms with Crippen LogP contribution >= 0.6 is 11.6 Å². The van der Waals surface area contributed by atoms with E-state index in [-0.39, 0.29) is 12.0 Å². The summed E-state index contributed by atoms with van der Waals surface area (Å²) in [4.78, 5) is 14.3. The summed E-state index contributed by atoms with van der Waals surface area (Å²) in [6, 6.07) is 1.50. The van der Waals surface area contributed by atoms with Crippen molar-refractivity contribution in [3.05, 3.63) is 45.7 Å². The molecule has 2 atom stereocenters. The molecule has 3 heterocycles. The summed E-state index contributed by atoms with van der Waals surface area (Å²) in [6.07, 6.45) is 1.02. The van der Waals surface area contributed by atoms with Crippen LogP contribution in [0.5, 0.6) is 5.75 Å². The van der Waals surface area contributed by atoms with Crippen LogP contribution in [0.2, 0.25) is 5.02 Å². The number of nitrogens with two attached hydrogens (primary N) is 1. The van der Waals surface area contributed by atoms with Crippen LogP contribution in [-0.4, -0.2) is 62.6 Å².